The van der Waals surface area contributed by atoms with E-state index in [2.05, 4.69) is 42.5 Å². The van der Waals surface area contributed by atoms with Crippen molar-refractivity contribution in [3.05, 3.63) is 170 Å². The van der Waals surface area contributed by atoms with Crippen molar-refractivity contribution in [1.82, 2.24) is 0 Å². The van der Waals surface area contributed by atoms with E-state index in [0.29, 0.717) is 27.9 Å². The number of hydrogen-bond donors (Lipinski definition) is 0. The lowest BCUT2D eigenvalue weighted by Crippen LogP contribution is -1.91. The van der Waals surface area contributed by atoms with Gasteiger partial charge in [0.05, 0.1) is 5.48 Å². The SMILES string of the molecule is [2H]c1c([2H])c(-c2c3ccccc3c(-c3ccccc3)c3ccccc23)c([2H])c(-c2cccc3oc4cc(-c5ccccc5)ccc4c23)c1[2H]. The number of hydrogen-bond acceptors (Lipinski definition) is 1. The van der Waals surface area contributed by atoms with Crippen molar-refractivity contribution in [2.75, 3.05) is 0 Å². The topological polar surface area (TPSA) is 13.1 Å². The Hall–Kier alpha value is -5.92. The first-order valence-corrected chi connectivity index (χ1v) is 15.1. The fraction of sp³-hybridized carbons (Fsp3) is 0. The van der Waals surface area contributed by atoms with Gasteiger partial charge in [-0.15, -0.1) is 0 Å². The third-order valence-corrected chi connectivity index (χ3v) is 8.74. The fourth-order valence-electron chi connectivity index (χ4n) is 6.76. The largest absolute Gasteiger partial charge is 0.456 e. The van der Waals surface area contributed by atoms with Crippen molar-refractivity contribution in [2.24, 2.45) is 0 Å². The van der Waals surface area contributed by atoms with Crippen LogP contribution in [0.4, 0.5) is 0 Å². The molecule has 9 rings (SSSR count). The number of fused-ring (bicyclic) bond motifs is 5. The standard InChI is InChI=1S/C44H28O/c1-3-13-29(14-4-1)31-25-26-39-41(28-31)45-40-24-12-23-34(44(39)40)32-17-11-18-33(27-32)43-37-21-9-7-19-35(37)42(30-15-5-2-6-16-30)36-20-8-10-22-38(36)43/h1-28H/i11D,17D,18D,27D. The first-order chi connectivity index (χ1) is 24.0. The molecule has 0 unspecified atom stereocenters. The summed E-state index contributed by atoms with van der Waals surface area (Å²) in [5, 5.41) is 5.45. The molecule has 0 radical (unpaired) electrons. The van der Waals surface area contributed by atoms with Gasteiger partial charge in [0.1, 0.15) is 11.2 Å². The summed E-state index contributed by atoms with van der Waals surface area (Å²) >= 11 is 0. The minimum Gasteiger partial charge on any atom is -0.456 e. The maximum atomic E-state index is 9.80. The molecule has 0 fully saturated rings. The number of furan rings is 1. The Kier molecular flexibility index (Phi) is 5.00. The molecule has 0 bridgehead atoms. The molecule has 1 heterocycles. The summed E-state index contributed by atoms with van der Waals surface area (Å²) in [7, 11) is 0. The summed E-state index contributed by atoms with van der Waals surface area (Å²) in [5.74, 6) is 0. The van der Waals surface area contributed by atoms with E-state index in [1.54, 1.807) is 0 Å². The first-order valence-electron chi connectivity index (χ1n) is 17.1. The van der Waals surface area contributed by atoms with Crippen LogP contribution in [0.15, 0.2) is 174 Å². The Morgan fingerprint density at radius 2 is 0.978 bits per heavy atom. The molecule has 0 aliphatic carbocycles. The highest BCUT2D eigenvalue weighted by Crippen LogP contribution is 2.45. The van der Waals surface area contributed by atoms with Crippen LogP contribution in [0.2, 0.25) is 0 Å². The van der Waals surface area contributed by atoms with E-state index in [-0.39, 0.29) is 24.2 Å². The lowest BCUT2D eigenvalue weighted by molar-refractivity contribution is 0.669. The average molecular weight is 577 g/mol. The van der Waals surface area contributed by atoms with Crippen molar-refractivity contribution >= 4 is 43.5 Å². The molecule has 0 saturated carbocycles. The Morgan fingerprint density at radius 3 is 1.64 bits per heavy atom. The Balaban J connectivity index is 1.36. The van der Waals surface area contributed by atoms with Crippen molar-refractivity contribution < 1.29 is 9.90 Å². The van der Waals surface area contributed by atoms with E-state index in [1.807, 2.05) is 103 Å². The normalized spacial score (nSPS) is 12.8. The zero-order valence-corrected chi connectivity index (χ0v) is 24.3. The second-order valence-electron chi connectivity index (χ2n) is 11.3. The van der Waals surface area contributed by atoms with Gasteiger partial charge in [0.25, 0.3) is 0 Å². The van der Waals surface area contributed by atoms with Gasteiger partial charge in [-0.25, -0.2) is 0 Å². The van der Waals surface area contributed by atoms with Crippen molar-refractivity contribution in [1.29, 1.82) is 0 Å². The molecule has 0 spiro atoms. The van der Waals surface area contributed by atoms with Gasteiger partial charge in [0.15, 0.2) is 0 Å². The molecule has 1 heteroatoms. The highest BCUT2D eigenvalue weighted by Gasteiger charge is 2.18. The van der Waals surface area contributed by atoms with Crippen LogP contribution in [0.25, 0.3) is 88.0 Å². The zero-order chi connectivity index (χ0) is 33.2. The highest BCUT2D eigenvalue weighted by molar-refractivity contribution is 6.21. The Bertz CT molecular complexity index is 2690. The Labute approximate surface area is 267 Å². The van der Waals surface area contributed by atoms with E-state index in [1.165, 1.54) is 0 Å². The van der Waals surface area contributed by atoms with Gasteiger partial charge in [-0.05, 0) is 90.3 Å². The molecule has 9 aromatic rings. The summed E-state index contributed by atoms with van der Waals surface area (Å²) in [5.41, 5.74) is 7.66. The lowest BCUT2D eigenvalue weighted by atomic mass is 9.85. The van der Waals surface area contributed by atoms with Crippen LogP contribution >= 0.6 is 0 Å². The van der Waals surface area contributed by atoms with E-state index in [4.69, 9.17) is 5.79 Å². The van der Waals surface area contributed by atoms with Crippen molar-refractivity contribution in [3.8, 4) is 44.5 Å². The lowest BCUT2D eigenvalue weighted by Gasteiger charge is -2.18. The minimum atomic E-state index is -0.211. The van der Waals surface area contributed by atoms with Gasteiger partial charge in [0.2, 0.25) is 0 Å². The first kappa shape index (κ1) is 21.7. The summed E-state index contributed by atoms with van der Waals surface area (Å²) in [6.45, 7) is 0. The molecule has 1 nitrogen and oxygen atoms in total. The van der Waals surface area contributed by atoms with Crippen LogP contribution < -0.4 is 0 Å². The molecule has 0 amide bonds. The van der Waals surface area contributed by atoms with E-state index < -0.39 is 0 Å². The van der Waals surface area contributed by atoms with Gasteiger partial charge < -0.3 is 4.42 Å². The van der Waals surface area contributed by atoms with E-state index in [0.717, 1.165) is 60.1 Å². The second-order valence-corrected chi connectivity index (χ2v) is 11.3. The summed E-state index contributed by atoms with van der Waals surface area (Å²) in [6.07, 6.45) is 0. The fourth-order valence-corrected chi connectivity index (χ4v) is 6.76. The van der Waals surface area contributed by atoms with Gasteiger partial charge in [-0.2, -0.15) is 0 Å². The summed E-state index contributed by atoms with van der Waals surface area (Å²) in [4.78, 5) is 0. The molecule has 45 heavy (non-hydrogen) atoms. The smallest absolute Gasteiger partial charge is 0.136 e. The maximum Gasteiger partial charge on any atom is 0.136 e. The van der Waals surface area contributed by atoms with Crippen molar-refractivity contribution in [2.45, 2.75) is 0 Å². The summed E-state index contributed by atoms with van der Waals surface area (Å²) < 4.78 is 43.7. The van der Waals surface area contributed by atoms with Gasteiger partial charge in [-0.1, -0.05) is 146 Å². The molecule has 210 valence electrons. The molecule has 0 atom stereocenters. The maximum absolute atomic E-state index is 9.80. The van der Waals surface area contributed by atoms with Crippen LogP contribution in [-0.2, 0) is 0 Å². The number of benzene rings is 8. The molecule has 0 saturated heterocycles. The third kappa shape index (κ3) is 4.17. The van der Waals surface area contributed by atoms with Crippen LogP contribution in [0, 0.1) is 0 Å². The predicted molar refractivity (Wildman–Crippen MR) is 190 cm³/mol. The third-order valence-electron chi connectivity index (χ3n) is 8.74. The minimum absolute atomic E-state index is 0.0523. The van der Waals surface area contributed by atoms with E-state index >= 15 is 0 Å². The van der Waals surface area contributed by atoms with Gasteiger partial charge in [0, 0.05) is 10.8 Å². The molecular formula is C44H28O. The number of rotatable bonds is 4. The van der Waals surface area contributed by atoms with Gasteiger partial charge in [-0.3, -0.25) is 0 Å². The van der Waals surface area contributed by atoms with Crippen LogP contribution in [-0.4, -0.2) is 0 Å². The monoisotopic (exact) mass is 576 g/mol. The van der Waals surface area contributed by atoms with Gasteiger partial charge >= 0.3 is 0 Å². The molecule has 1 aromatic heterocycles. The predicted octanol–water partition coefficient (Wildman–Crippen LogP) is 12.6. The molecule has 8 aromatic carbocycles. The summed E-state index contributed by atoms with van der Waals surface area (Å²) in [6, 6.07) is 48.0. The van der Waals surface area contributed by atoms with Crippen LogP contribution in [0.3, 0.4) is 0 Å². The zero-order valence-electron chi connectivity index (χ0n) is 28.3. The molecular weight excluding hydrogens is 544 g/mol. The van der Waals surface area contributed by atoms with Crippen LogP contribution in [0.1, 0.15) is 5.48 Å². The van der Waals surface area contributed by atoms with E-state index in [9.17, 15) is 4.11 Å². The molecule has 0 aliphatic rings. The molecule has 0 N–H and O–H groups in total. The molecule has 0 aliphatic heterocycles. The average Bonchev–Trinajstić information content (AvgIpc) is 3.53. The van der Waals surface area contributed by atoms with Crippen molar-refractivity contribution in [3.63, 3.8) is 0 Å². The quantitative estimate of drug-likeness (QED) is 0.190. The second kappa shape index (κ2) is 10.4. The highest BCUT2D eigenvalue weighted by atomic mass is 16.3. The van der Waals surface area contributed by atoms with Crippen LogP contribution in [0.5, 0.6) is 0 Å². The Morgan fingerprint density at radius 1 is 0.400 bits per heavy atom.